The van der Waals surface area contributed by atoms with Crippen LogP contribution in [0.5, 0.6) is 5.75 Å². The molecule has 1 amide bonds. The molecule has 122 valence electrons. The van der Waals surface area contributed by atoms with Crippen molar-refractivity contribution in [3.8, 4) is 16.9 Å². The van der Waals surface area contributed by atoms with Crippen molar-refractivity contribution >= 4 is 22.6 Å². The lowest BCUT2D eigenvalue weighted by atomic mass is 10.0. The number of rotatable bonds is 4. The Labute approximate surface area is 138 Å². The van der Waals surface area contributed by atoms with Gasteiger partial charge in [0.2, 0.25) is 5.91 Å². The van der Waals surface area contributed by atoms with Gasteiger partial charge in [-0.15, -0.1) is 0 Å². The van der Waals surface area contributed by atoms with Crippen LogP contribution >= 0.6 is 0 Å². The molecule has 0 spiro atoms. The molecule has 1 aromatic heterocycles. The zero-order chi connectivity index (χ0) is 16.5. The number of benzene rings is 2. The van der Waals surface area contributed by atoms with E-state index in [-0.39, 0.29) is 5.91 Å². The molecule has 4 rings (SSSR count). The van der Waals surface area contributed by atoms with Crippen LogP contribution in [-0.2, 0) is 16.3 Å². The average Bonchev–Trinajstić information content (AvgIpc) is 3.21. The SMILES string of the molecule is CCCC(=O)Nc1n[nH]c2cc(-c3ccc4c(c3)COO4)ccc12. The first-order chi connectivity index (χ1) is 11.7. The van der Waals surface area contributed by atoms with Gasteiger partial charge in [-0.25, -0.2) is 0 Å². The van der Waals surface area contributed by atoms with Gasteiger partial charge in [0, 0.05) is 17.4 Å². The number of carbonyl (C=O) groups excluding carboxylic acids is 1. The van der Waals surface area contributed by atoms with Crippen molar-refractivity contribution in [1.29, 1.82) is 0 Å². The molecule has 1 aliphatic rings. The van der Waals surface area contributed by atoms with Crippen LogP contribution in [0, 0.1) is 0 Å². The number of nitrogens with one attached hydrogen (secondary N) is 2. The van der Waals surface area contributed by atoms with Crippen LogP contribution < -0.4 is 10.2 Å². The Morgan fingerprint density at radius 2 is 2.08 bits per heavy atom. The second-order valence-corrected chi connectivity index (χ2v) is 5.80. The molecule has 2 N–H and O–H groups in total. The van der Waals surface area contributed by atoms with Gasteiger partial charge in [0.05, 0.1) is 5.52 Å². The highest BCUT2D eigenvalue weighted by atomic mass is 17.2. The maximum Gasteiger partial charge on any atom is 0.225 e. The summed E-state index contributed by atoms with van der Waals surface area (Å²) in [6.45, 7) is 2.43. The quantitative estimate of drug-likeness (QED) is 0.716. The molecular weight excluding hydrogens is 306 g/mol. The number of amides is 1. The number of nitrogens with zero attached hydrogens (tertiary/aromatic N) is 1. The van der Waals surface area contributed by atoms with Gasteiger partial charge in [-0.05, 0) is 41.8 Å². The summed E-state index contributed by atoms with van der Waals surface area (Å²) in [5, 5.41) is 10.9. The molecule has 0 atom stereocenters. The molecule has 0 unspecified atom stereocenters. The molecule has 1 aliphatic heterocycles. The number of H-pyrrole nitrogens is 1. The van der Waals surface area contributed by atoms with E-state index in [1.54, 1.807) is 0 Å². The van der Waals surface area contributed by atoms with Crippen molar-refractivity contribution in [1.82, 2.24) is 10.2 Å². The average molecular weight is 323 g/mol. The van der Waals surface area contributed by atoms with Gasteiger partial charge in [0.15, 0.2) is 11.6 Å². The number of aromatic nitrogens is 2. The van der Waals surface area contributed by atoms with E-state index in [1.807, 2.05) is 37.3 Å². The molecular formula is C18H17N3O3. The fourth-order valence-electron chi connectivity index (χ4n) is 2.83. The summed E-state index contributed by atoms with van der Waals surface area (Å²) in [7, 11) is 0. The van der Waals surface area contributed by atoms with Gasteiger partial charge in [0.1, 0.15) is 6.61 Å². The Morgan fingerprint density at radius 1 is 1.25 bits per heavy atom. The standard InChI is InChI=1S/C18H17N3O3/c1-2-3-17(22)19-18-14-6-4-12(9-15(14)20-21-18)11-5-7-16-13(8-11)10-23-24-16/h4-9H,2-3,10H2,1H3,(H2,19,20,21,22). The monoisotopic (exact) mass is 323 g/mol. The molecule has 2 aromatic carbocycles. The van der Waals surface area contributed by atoms with Crippen molar-refractivity contribution < 1.29 is 14.6 Å². The first-order valence-corrected chi connectivity index (χ1v) is 7.95. The molecule has 2 heterocycles. The highest BCUT2D eigenvalue weighted by molar-refractivity contribution is 6.00. The Balaban J connectivity index is 1.66. The van der Waals surface area contributed by atoms with Gasteiger partial charge in [-0.2, -0.15) is 9.99 Å². The van der Waals surface area contributed by atoms with Crippen LogP contribution in [0.1, 0.15) is 25.3 Å². The maximum absolute atomic E-state index is 11.8. The number of hydrogen-bond acceptors (Lipinski definition) is 4. The van der Waals surface area contributed by atoms with Gasteiger partial charge < -0.3 is 10.2 Å². The minimum Gasteiger partial charge on any atom is -0.337 e. The summed E-state index contributed by atoms with van der Waals surface area (Å²) in [6.07, 6.45) is 1.30. The lowest BCUT2D eigenvalue weighted by molar-refractivity contribution is -0.194. The summed E-state index contributed by atoms with van der Waals surface area (Å²) >= 11 is 0. The molecule has 0 saturated heterocycles. The number of carbonyl (C=O) groups is 1. The van der Waals surface area contributed by atoms with Crippen molar-refractivity contribution in [3.05, 3.63) is 42.0 Å². The second kappa shape index (κ2) is 5.98. The van der Waals surface area contributed by atoms with Crippen LogP contribution in [0.2, 0.25) is 0 Å². The highest BCUT2D eigenvalue weighted by Gasteiger charge is 2.15. The van der Waals surface area contributed by atoms with Crippen LogP contribution in [0.15, 0.2) is 36.4 Å². The summed E-state index contributed by atoms with van der Waals surface area (Å²) in [4.78, 5) is 21.8. The normalized spacial score (nSPS) is 12.9. The van der Waals surface area contributed by atoms with Gasteiger partial charge in [0.25, 0.3) is 0 Å². The summed E-state index contributed by atoms with van der Waals surface area (Å²) < 4.78 is 0. The molecule has 0 aliphatic carbocycles. The third kappa shape index (κ3) is 2.61. The van der Waals surface area contributed by atoms with E-state index in [4.69, 9.17) is 9.78 Å². The predicted octanol–water partition coefficient (Wildman–Crippen LogP) is 3.79. The van der Waals surface area contributed by atoms with Crippen LogP contribution in [0.25, 0.3) is 22.0 Å². The summed E-state index contributed by atoms with van der Waals surface area (Å²) in [5.41, 5.74) is 4.06. The van der Waals surface area contributed by atoms with Crippen molar-refractivity contribution in [2.75, 3.05) is 5.32 Å². The number of hydrogen-bond donors (Lipinski definition) is 2. The zero-order valence-corrected chi connectivity index (χ0v) is 13.3. The highest BCUT2D eigenvalue weighted by Crippen LogP contribution is 2.32. The largest absolute Gasteiger partial charge is 0.337 e. The van der Waals surface area contributed by atoms with Crippen molar-refractivity contribution in [3.63, 3.8) is 0 Å². The molecule has 6 heteroatoms. The predicted molar refractivity (Wildman–Crippen MR) is 90.5 cm³/mol. The lowest BCUT2D eigenvalue weighted by Gasteiger charge is -2.04. The smallest absolute Gasteiger partial charge is 0.225 e. The van der Waals surface area contributed by atoms with Crippen LogP contribution in [-0.4, -0.2) is 16.1 Å². The Hall–Kier alpha value is -2.86. The van der Waals surface area contributed by atoms with Gasteiger partial charge >= 0.3 is 0 Å². The van der Waals surface area contributed by atoms with E-state index in [2.05, 4.69) is 21.6 Å². The van der Waals surface area contributed by atoms with Gasteiger partial charge in [-0.3, -0.25) is 9.89 Å². The maximum atomic E-state index is 11.8. The Bertz CT molecular complexity index is 917. The first-order valence-electron chi connectivity index (χ1n) is 7.95. The van der Waals surface area contributed by atoms with Gasteiger partial charge in [-0.1, -0.05) is 19.1 Å². The van der Waals surface area contributed by atoms with E-state index in [9.17, 15) is 4.79 Å². The van der Waals surface area contributed by atoms with E-state index in [0.29, 0.717) is 18.8 Å². The van der Waals surface area contributed by atoms with Crippen molar-refractivity contribution in [2.45, 2.75) is 26.4 Å². The third-order valence-corrected chi connectivity index (χ3v) is 4.05. The molecule has 6 nitrogen and oxygen atoms in total. The summed E-state index contributed by atoms with van der Waals surface area (Å²) in [6, 6.07) is 12.0. The third-order valence-electron chi connectivity index (χ3n) is 4.05. The molecule has 0 radical (unpaired) electrons. The Kier molecular flexibility index (Phi) is 3.66. The molecule has 3 aromatic rings. The fourth-order valence-corrected chi connectivity index (χ4v) is 2.83. The fraction of sp³-hybridized carbons (Fsp3) is 0.222. The first kappa shape index (κ1) is 14.7. The second-order valence-electron chi connectivity index (χ2n) is 5.80. The zero-order valence-electron chi connectivity index (χ0n) is 13.3. The Morgan fingerprint density at radius 3 is 2.96 bits per heavy atom. The van der Waals surface area contributed by atoms with Crippen molar-refractivity contribution in [2.24, 2.45) is 0 Å². The minimum absolute atomic E-state index is 0.0198. The van der Waals surface area contributed by atoms with E-state index in [1.165, 1.54) is 0 Å². The van der Waals surface area contributed by atoms with E-state index < -0.39 is 0 Å². The van der Waals surface area contributed by atoms with Crippen LogP contribution in [0.3, 0.4) is 0 Å². The molecule has 0 saturated carbocycles. The van der Waals surface area contributed by atoms with Crippen LogP contribution in [0.4, 0.5) is 5.82 Å². The van der Waals surface area contributed by atoms with E-state index >= 15 is 0 Å². The number of fused-ring (bicyclic) bond motifs is 2. The topological polar surface area (TPSA) is 76.2 Å². The lowest BCUT2D eigenvalue weighted by Crippen LogP contribution is -2.10. The number of anilines is 1. The summed E-state index contributed by atoms with van der Waals surface area (Å²) in [5.74, 6) is 1.32. The minimum atomic E-state index is -0.0198. The van der Waals surface area contributed by atoms with E-state index in [0.717, 1.165) is 39.8 Å². The number of aromatic amines is 1. The molecule has 0 bridgehead atoms. The molecule has 24 heavy (non-hydrogen) atoms. The molecule has 0 fully saturated rings.